The van der Waals surface area contributed by atoms with Crippen molar-refractivity contribution < 1.29 is 9.90 Å². The first-order valence-electron chi connectivity index (χ1n) is 7.39. The molecule has 0 saturated heterocycles. The number of hydrogen-bond donors (Lipinski definition) is 2. The summed E-state index contributed by atoms with van der Waals surface area (Å²) in [6.45, 7) is 0. The number of carbonyl (C=O) groups is 1. The second-order valence-corrected chi connectivity index (χ2v) is 5.30. The van der Waals surface area contributed by atoms with Crippen LogP contribution >= 0.6 is 0 Å². The highest BCUT2D eigenvalue weighted by Crippen LogP contribution is 2.16. The molecule has 0 bridgehead atoms. The van der Waals surface area contributed by atoms with E-state index in [1.165, 1.54) is 0 Å². The van der Waals surface area contributed by atoms with Crippen molar-refractivity contribution in [3.05, 3.63) is 54.6 Å². The van der Waals surface area contributed by atoms with Crippen molar-refractivity contribution in [2.75, 3.05) is 5.32 Å². The Kier molecular flexibility index (Phi) is 4.46. The van der Waals surface area contributed by atoms with Crippen LogP contribution in [0.1, 0.15) is 18.4 Å². The number of carboxylic acid groups (broad SMARTS) is 1. The Morgan fingerprint density at radius 2 is 2.13 bits per heavy atom. The van der Waals surface area contributed by atoms with Gasteiger partial charge in [-0.3, -0.25) is 9.20 Å². The molecule has 2 aromatic heterocycles. The number of benzene rings is 1. The minimum absolute atomic E-state index is 0.0519. The van der Waals surface area contributed by atoms with Crippen LogP contribution in [0.25, 0.3) is 5.65 Å². The third-order valence-corrected chi connectivity index (χ3v) is 3.59. The Bertz CT molecular complexity index is 787. The molecule has 0 aliphatic rings. The van der Waals surface area contributed by atoms with Crippen molar-refractivity contribution in [3.63, 3.8) is 0 Å². The molecule has 1 aromatic carbocycles. The normalized spacial score (nSPS) is 12.2. The average Bonchev–Trinajstić information content (AvgIpc) is 3.03. The van der Waals surface area contributed by atoms with Crippen LogP contribution in [0.2, 0.25) is 0 Å². The summed E-state index contributed by atoms with van der Waals surface area (Å²) in [7, 11) is 0. The summed E-state index contributed by atoms with van der Waals surface area (Å²) in [6, 6.07) is 9.91. The van der Waals surface area contributed by atoms with E-state index in [2.05, 4.69) is 20.5 Å². The van der Waals surface area contributed by atoms with Crippen LogP contribution in [0.4, 0.5) is 5.82 Å². The Morgan fingerprint density at radius 3 is 2.91 bits per heavy atom. The number of anilines is 1. The molecule has 23 heavy (non-hydrogen) atoms. The highest BCUT2D eigenvalue weighted by Gasteiger charge is 2.15. The molecule has 0 aliphatic heterocycles. The number of aromatic nitrogens is 4. The van der Waals surface area contributed by atoms with Crippen molar-refractivity contribution >= 4 is 17.4 Å². The number of carboxylic acids is 1. The molecular formula is C16H17N5O2. The van der Waals surface area contributed by atoms with E-state index in [9.17, 15) is 4.79 Å². The van der Waals surface area contributed by atoms with Gasteiger partial charge < -0.3 is 10.4 Å². The van der Waals surface area contributed by atoms with Gasteiger partial charge in [0.2, 0.25) is 5.65 Å². The molecule has 1 atom stereocenters. The van der Waals surface area contributed by atoms with Crippen LogP contribution in [-0.4, -0.2) is 36.7 Å². The number of aliphatic carboxylic acids is 1. The highest BCUT2D eigenvalue weighted by molar-refractivity contribution is 5.67. The van der Waals surface area contributed by atoms with Gasteiger partial charge in [-0.2, -0.15) is 0 Å². The zero-order valence-corrected chi connectivity index (χ0v) is 12.5. The average molecular weight is 311 g/mol. The van der Waals surface area contributed by atoms with Gasteiger partial charge in [0, 0.05) is 24.9 Å². The number of nitrogens with zero attached hydrogens (tertiary/aromatic N) is 4. The van der Waals surface area contributed by atoms with Crippen LogP contribution in [0.3, 0.4) is 0 Å². The van der Waals surface area contributed by atoms with E-state index < -0.39 is 5.97 Å². The third-order valence-electron chi connectivity index (χ3n) is 3.59. The lowest BCUT2D eigenvalue weighted by atomic mass is 10.0. The second-order valence-electron chi connectivity index (χ2n) is 5.30. The van der Waals surface area contributed by atoms with Gasteiger partial charge in [-0.15, -0.1) is 10.2 Å². The molecule has 0 aliphatic carbocycles. The number of fused-ring (bicyclic) bond motifs is 1. The number of rotatable bonds is 7. The molecule has 7 nitrogen and oxygen atoms in total. The van der Waals surface area contributed by atoms with Gasteiger partial charge in [-0.1, -0.05) is 30.3 Å². The first-order valence-corrected chi connectivity index (χ1v) is 7.39. The van der Waals surface area contributed by atoms with Crippen LogP contribution in [-0.2, 0) is 11.2 Å². The van der Waals surface area contributed by atoms with Crippen LogP contribution in [0, 0.1) is 0 Å². The summed E-state index contributed by atoms with van der Waals surface area (Å²) in [5, 5.41) is 20.2. The molecule has 118 valence electrons. The standard InChI is InChI=1S/C16H17N5O2/c22-14(23)7-6-13(10-12-4-2-1-3-5-12)19-15-16-20-18-11-21(16)9-8-17-15/h1-5,8-9,11,13H,6-7,10H2,(H,17,19)(H,22,23). The Balaban J connectivity index is 1.80. The third kappa shape index (κ3) is 3.82. The van der Waals surface area contributed by atoms with E-state index in [0.717, 1.165) is 5.56 Å². The summed E-state index contributed by atoms with van der Waals surface area (Å²) < 4.78 is 1.77. The molecule has 0 spiro atoms. The van der Waals surface area contributed by atoms with Crippen molar-refractivity contribution in [1.82, 2.24) is 19.6 Å². The van der Waals surface area contributed by atoms with Crippen molar-refractivity contribution in [2.24, 2.45) is 0 Å². The summed E-state index contributed by atoms with van der Waals surface area (Å²) >= 11 is 0. The Hall–Kier alpha value is -2.96. The Morgan fingerprint density at radius 1 is 1.30 bits per heavy atom. The maximum atomic E-state index is 10.9. The van der Waals surface area contributed by atoms with Crippen molar-refractivity contribution in [2.45, 2.75) is 25.3 Å². The fraction of sp³-hybridized carbons (Fsp3) is 0.250. The van der Waals surface area contributed by atoms with Crippen molar-refractivity contribution in [1.29, 1.82) is 0 Å². The van der Waals surface area contributed by atoms with Gasteiger partial charge in [0.1, 0.15) is 6.33 Å². The summed E-state index contributed by atoms with van der Waals surface area (Å²) in [5.41, 5.74) is 1.77. The molecule has 1 unspecified atom stereocenters. The van der Waals surface area contributed by atoms with E-state index in [1.807, 2.05) is 30.3 Å². The van der Waals surface area contributed by atoms with E-state index in [1.54, 1.807) is 23.1 Å². The van der Waals surface area contributed by atoms with Crippen LogP contribution < -0.4 is 5.32 Å². The fourth-order valence-corrected chi connectivity index (χ4v) is 2.48. The topological polar surface area (TPSA) is 92.4 Å². The maximum absolute atomic E-state index is 10.9. The molecule has 3 aromatic rings. The van der Waals surface area contributed by atoms with Gasteiger partial charge in [0.25, 0.3) is 0 Å². The highest BCUT2D eigenvalue weighted by atomic mass is 16.4. The van der Waals surface area contributed by atoms with Crippen LogP contribution in [0.5, 0.6) is 0 Å². The predicted octanol–water partition coefficient (Wildman–Crippen LogP) is 2.01. The maximum Gasteiger partial charge on any atom is 0.303 e. The molecule has 0 saturated carbocycles. The first-order chi connectivity index (χ1) is 11.2. The van der Waals surface area contributed by atoms with E-state index in [0.29, 0.717) is 24.3 Å². The minimum Gasteiger partial charge on any atom is -0.481 e. The minimum atomic E-state index is -0.807. The van der Waals surface area contributed by atoms with Crippen LogP contribution in [0.15, 0.2) is 49.1 Å². The van der Waals surface area contributed by atoms with Gasteiger partial charge >= 0.3 is 5.97 Å². The molecule has 0 amide bonds. The quantitative estimate of drug-likeness (QED) is 0.693. The smallest absolute Gasteiger partial charge is 0.303 e. The van der Waals surface area contributed by atoms with Gasteiger partial charge in [0.15, 0.2) is 5.82 Å². The largest absolute Gasteiger partial charge is 0.481 e. The van der Waals surface area contributed by atoms with E-state index in [-0.39, 0.29) is 12.5 Å². The Labute approximate surface area is 133 Å². The van der Waals surface area contributed by atoms with Gasteiger partial charge in [-0.25, -0.2) is 4.98 Å². The lowest BCUT2D eigenvalue weighted by Gasteiger charge is -2.19. The molecule has 3 rings (SSSR count). The van der Waals surface area contributed by atoms with Gasteiger partial charge in [0.05, 0.1) is 0 Å². The second kappa shape index (κ2) is 6.87. The SMILES string of the molecule is O=C(O)CCC(Cc1ccccc1)Nc1nccn2cnnc12. The molecule has 2 N–H and O–H groups in total. The first kappa shape index (κ1) is 15.0. The molecule has 0 fully saturated rings. The monoisotopic (exact) mass is 311 g/mol. The number of nitrogens with one attached hydrogen (secondary N) is 1. The fourth-order valence-electron chi connectivity index (χ4n) is 2.48. The molecule has 0 radical (unpaired) electrons. The summed E-state index contributed by atoms with van der Waals surface area (Å²) in [6.07, 6.45) is 6.34. The van der Waals surface area contributed by atoms with Crippen molar-refractivity contribution in [3.8, 4) is 0 Å². The van der Waals surface area contributed by atoms with E-state index >= 15 is 0 Å². The zero-order chi connectivity index (χ0) is 16.1. The molecular weight excluding hydrogens is 294 g/mol. The predicted molar refractivity (Wildman–Crippen MR) is 85.2 cm³/mol. The van der Waals surface area contributed by atoms with E-state index in [4.69, 9.17) is 5.11 Å². The summed E-state index contributed by atoms with van der Waals surface area (Å²) in [4.78, 5) is 15.2. The molecule has 2 heterocycles. The lowest BCUT2D eigenvalue weighted by Crippen LogP contribution is -2.24. The zero-order valence-electron chi connectivity index (χ0n) is 12.5. The summed E-state index contributed by atoms with van der Waals surface area (Å²) in [5.74, 6) is -0.199. The van der Waals surface area contributed by atoms with Gasteiger partial charge in [-0.05, 0) is 18.4 Å². The lowest BCUT2D eigenvalue weighted by molar-refractivity contribution is -0.137. The number of hydrogen-bond acceptors (Lipinski definition) is 5. The molecule has 7 heteroatoms.